The Morgan fingerprint density at radius 3 is 2.40 bits per heavy atom. The normalized spacial score (nSPS) is 14.3. The molecular formula is C32H37Cl2F2N5O4. The van der Waals surface area contributed by atoms with E-state index in [0.29, 0.717) is 29.2 Å². The summed E-state index contributed by atoms with van der Waals surface area (Å²) >= 11 is 12.7. The van der Waals surface area contributed by atoms with Crippen molar-refractivity contribution < 1.29 is 27.8 Å². The highest BCUT2D eigenvalue weighted by molar-refractivity contribution is 6.37. The van der Waals surface area contributed by atoms with Gasteiger partial charge in [-0.2, -0.15) is 14.0 Å². The number of hydrogen-bond donors (Lipinski definition) is 1. The molecule has 1 N–H and O–H groups in total. The van der Waals surface area contributed by atoms with Gasteiger partial charge in [-0.15, -0.1) is 0 Å². The van der Waals surface area contributed by atoms with Crippen molar-refractivity contribution in [3.8, 4) is 23.3 Å². The maximum absolute atomic E-state index is 15.8. The molecule has 1 aliphatic rings. The molecule has 4 rings (SSSR count). The molecule has 242 valence electrons. The topological polar surface area (TPSA) is 99.9 Å². The summed E-state index contributed by atoms with van der Waals surface area (Å²) in [6.07, 6.45) is 0.00917. The van der Waals surface area contributed by atoms with E-state index in [0.717, 1.165) is 39.1 Å². The number of piperazine rings is 1. The van der Waals surface area contributed by atoms with Gasteiger partial charge in [-0.25, -0.2) is 4.98 Å². The van der Waals surface area contributed by atoms with Gasteiger partial charge >= 0.3 is 0 Å². The fourth-order valence-corrected chi connectivity index (χ4v) is 5.69. The fraction of sp³-hybridized carbons (Fsp3) is 0.469. The maximum Gasteiger partial charge on any atom is 0.291 e. The highest BCUT2D eigenvalue weighted by Gasteiger charge is 2.38. The number of carbonyl (C=O) groups excluding carboxylic acids is 1. The first kappa shape index (κ1) is 34.4. The number of aromatic nitrogens is 1. The number of fused-ring (bicyclic) bond motifs is 1. The molecule has 1 fully saturated rings. The molecule has 45 heavy (non-hydrogen) atoms. The van der Waals surface area contributed by atoms with Crippen LogP contribution in [0, 0.1) is 11.3 Å². The first-order chi connectivity index (χ1) is 21.5. The summed E-state index contributed by atoms with van der Waals surface area (Å²) in [4.78, 5) is 20.4. The van der Waals surface area contributed by atoms with E-state index in [-0.39, 0.29) is 51.1 Å². The quantitative estimate of drug-likeness (QED) is 0.182. The minimum Gasteiger partial charge on any atom is -0.495 e. The van der Waals surface area contributed by atoms with Crippen LogP contribution < -0.4 is 19.5 Å². The Bertz CT molecular complexity index is 1580. The molecule has 9 nitrogen and oxygen atoms in total. The van der Waals surface area contributed by atoms with E-state index in [1.807, 2.05) is 6.07 Å². The minimum absolute atomic E-state index is 0.0142. The van der Waals surface area contributed by atoms with Crippen LogP contribution in [0.25, 0.3) is 10.9 Å². The van der Waals surface area contributed by atoms with E-state index in [9.17, 15) is 10.1 Å². The van der Waals surface area contributed by atoms with Crippen LogP contribution in [0.3, 0.4) is 0 Å². The molecule has 2 aromatic carbocycles. The number of nitrogens with one attached hydrogen (secondary N) is 1. The Labute approximate surface area is 271 Å². The lowest BCUT2D eigenvalue weighted by Crippen LogP contribution is -2.44. The average Bonchev–Trinajstić information content (AvgIpc) is 3.00. The summed E-state index contributed by atoms with van der Waals surface area (Å²) in [7, 11) is 5.01. The number of halogens is 4. The smallest absolute Gasteiger partial charge is 0.291 e. The van der Waals surface area contributed by atoms with Crippen LogP contribution in [-0.2, 0) is 10.7 Å². The molecule has 0 amide bonds. The van der Waals surface area contributed by atoms with Crippen molar-refractivity contribution in [1.82, 2.24) is 14.8 Å². The predicted octanol–water partition coefficient (Wildman–Crippen LogP) is 7.04. The average molecular weight is 665 g/mol. The SMILES string of the molecule is COc1cc(Nc2c(C#N)c(C(F)(F)CCCC(C)=O)nc3cc(OCCCN4CCN(C)CC4)c(OC)cc23)c(Cl)cc1Cl. The molecule has 13 heteroatoms. The van der Waals surface area contributed by atoms with Crippen LogP contribution in [-0.4, -0.2) is 81.2 Å². The molecular weight excluding hydrogens is 627 g/mol. The molecule has 3 aromatic rings. The van der Waals surface area contributed by atoms with Crippen molar-refractivity contribution in [2.75, 3.05) is 65.9 Å². The molecule has 1 aliphatic heterocycles. The number of alkyl halides is 2. The van der Waals surface area contributed by atoms with E-state index in [4.69, 9.17) is 37.4 Å². The maximum atomic E-state index is 15.8. The third kappa shape index (κ3) is 8.44. The number of anilines is 2. The van der Waals surface area contributed by atoms with Gasteiger partial charge in [0.05, 0.1) is 47.8 Å². The van der Waals surface area contributed by atoms with Crippen molar-refractivity contribution in [2.45, 2.75) is 38.5 Å². The van der Waals surface area contributed by atoms with Crippen molar-refractivity contribution >= 4 is 51.3 Å². The number of likely N-dealkylation sites (N-methyl/N-ethyl adjacent to an activating group) is 1. The van der Waals surface area contributed by atoms with Crippen LogP contribution in [0.15, 0.2) is 24.3 Å². The summed E-state index contributed by atoms with van der Waals surface area (Å²) in [5.74, 6) is -2.75. The van der Waals surface area contributed by atoms with Crippen LogP contribution in [0.2, 0.25) is 10.0 Å². The zero-order valence-electron chi connectivity index (χ0n) is 25.8. The standard InChI is InChI=1S/C32H37Cl2F2N5O4/c1-20(42)7-5-8-32(35,36)31-22(19-37)30(38-26-18-27(43-3)24(34)16-23(26)33)21-15-28(44-4)29(17-25(21)39-31)45-14-6-9-41-12-10-40(2)11-13-41/h15-18H,5-14H2,1-4H3,(H,38,39). The Kier molecular flexibility index (Phi) is 11.7. The number of rotatable bonds is 14. The number of carbonyl (C=O) groups is 1. The highest BCUT2D eigenvalue weighted by Crippen LogP contribution is 2.44. The Balaban J connectivity index is 1.76. The molecule has 1 saturated heterocycles. The number of ketones is 1. The third-order valence-electron chi connectivity index (χ3n) is 7.72. The molecule has 0 unspecified atom stereocenters. The summed E-state index contributed by atoms with van der Waals surface area (Å²) in [6, 6.07) is 8.01. The van der Waals surface area contributed by atoms with E-state index >= 15 is 8.78 Å². The molecule has 0 aliphatic carbocycles. The monoisotopic (exact) mass is 663 g/mol. The number of nitriles is 1. The van der Waals surface area contributed by atoms with Gasteiger partial charge in [-0.3, -0.25) is 0 Å². The second-order valence-corrected chi connectivity index (χ2v) is 11.9. The Morgan fingerprint density at radius 2 is 1.76 bits per heavy atom. The van der Waals surface area contributed by atoms with Gasteiger partial charge in [0.2, 0.25) is 0 Å². The lowest BCUT2D eigenvalue weighted by atomic mass is 9.98. The Morgan fingerprint density at radius 1 is 1.04 bits per heavy atom. The zero-order chi connectivity index (χ0) is 32.7. The predicted molar refractivity (Wildman–Crippen MR) is 172 cm³/mol. The number of hydrogen-bond acceptors (Lipinski definition) is 9. The van der Waals surface area contributed by atoms with Crippen molar-refractivity contribution in [3.63, 3.8) is 0 Å². The van der Waals surface area contributed by atoms with Gasteiger partial charge < -0.3 is 34.1 Å². The van der Waals surface area contributed by atoms with E-state index in [2.05, 4.69) is 27.1 Å². The number of ether oxygens (including phenoxy) is 3. The first-order valence-electron chi connectivity index (χ1n) is 14.6. The van der Waals surface area contributed by atoms with Gasteiger partial charge in [0.1, 0.15) is 28.9 Å². The van der Waals surface area contributed by atoms with Crippen molar-refractivity contribution in [2.24, 2.45) is 0 Å². The van der Waals surface area contributed by atoms with Gasteiger partial charge in [0.15, 0.2) is 11.5 Å². The van der Waals surface area contributed by atoms with Crippen LogP contribution in [0.4, 0.5) is 20.2 Å². The van der Waals surface area contributed by atoms with Gasteiger partial charge in [-0.05, 0) is 38.9 Å². The highest BCUT2D eigenvalue weighted by atomic mass is 35.5. The van der Waals surface area contributed by atoms with E-state index < -0.39 is 18.0 Å². The lowest BCUT2D eigenvalue weighted by Gasteiger charge is -2.32. The summed E-state index contributed by atoms with van der Waals surface area (Å²) in [5, 5.41) is 14.0. The fourth-order valence-electron chi connectivity index (χ4n) is 5.18. The molecule has 2 heterocycles. The van der Waals surface area contributed by atoms with Crippen molar-refractivity contribution in [1.29, 1.82) is 5.26 Å². The molecule has 0 atom stereocenters. The van der Waals surface area contributed by atoms with Crippen LogP contribution >= 0.6 is 23.2 Å². The minimum atomic E-state index is -3.52. The first-order valence-corrected chi connectivity index (χ1v) is 15.4. The molecule has 0 saturated carbocycles. The van der Waals surface area contributed by atoms with E-state index in [1.54, 1.807) is 6.07 Å². The third-order valence-corrected chi connectivity index (χ3v) is 8.33. The Hall–Kier alpha value is -3.43. The molecule has 1 aromatic heterocycles. The number of Topliss-reactive ketones (excluding diaryl/α,β-unsaturated/α-hetero) is 1. The summed E-state index contributed by atoms with van der Waals surface area (Å²) < 4.78 is 48.5. The number of pyridine rings is 1. The van der Waals surface area contributed by atoms with Gasteiger partial charge in [0.25, 0.3) is 5.92 Å². The van der Waals surface area contributed by atoms with Crippen LogP contribution in [0.1, 0.15) is 43.9 Å². The largest absolute Gasteiger partial charge is 0.495 e. The molecule has 0 radical (unpaired) electrons. The second kappa shape index (κ2) is 15.2. The molecule has 0 bridgehead atoms. The zero-order valence-corrected chi connectivity index (χ0v) is 27.3. The summed E-state index contributed by atoms with van der Waals surface area (Å²) in [5.41, 5.74) is -0.606. The second-order valence-electron chi connectivity index (χ2n) is 11.0. The number of methoxy groups -OCH3 is 2. The number of benzene rings is 2. The van der Waals surface area contributed by atoms with E-state index in [1.165, 1.54) is 39.3 Å². The lowest BCUT2D eigenvalue weighted by molar-refractivity contribution is -0.117. The summed E-state index contributed by atoms with van der Waals surface area (Å²) in [6.45, 7) is 6.60. The number of nitrogens with zero attached hydrogens (tertiary/aromatic N) is 4. The van der Waals surface area contributed by atoms with Gasteiger partial charge in [0, 0.05) is 63.1 Å². The molecule has 0 spiro atoms. The van der Waals surface area contributed by atoms with Gasteiger partial charge in [-0.1, -0.05) is 23.2 Å². The van der Waals surface area contributed by atoms with Crippen molar-refractivity contribution in [3.05, 3.63) is 45.6 Å². The van der Waals surface area contributed by atoms with Crippen LogP contribution in [0.5, 0.6) is 17.2 Å².